The number of anilines is 4. The van der Waals surface area contributed by atoms with E-state index >= 15 is 0 Å². The third kappa shape index (κ3) is 15.5. The van der Waals surface area contributed by atoms with Gasteiger partial charge in [-0.2, -0.15) is 18.4 Å². The fourth-order valence-electron chi connectivity index (χ4n) is 5.35. The third-order valence-corrected chi connectivity index (χ3v) is 12.5. The zero-order valence-electron chi connectivity index (χ0n) is 32.2. The summed E-state index contributed by atoms with van der Waals surface area (Å²) in [7, 11) is -9.61. The van der Waals surface area contributed by atoms with Gasteiger partial charge in [0, 0.05) is 82.5 Å². The van der Waals surface area contributed by atoms with Gasteiger partial charge in [-0.3, -0.25) is 9.08 Å². The van der Waals surface area contributed by atoms with Crippen LogP contribution in [0.25, 0.3) is 22.5 Å². The van der Waals surface area contributed by atoms with E-state index in [1.165, 1.54) is 6.26 Å². The normalized spacial score (nSPS) is 15.2. The highest BCUT2D eigenvalue weighted by Gasteiger charge is 2.23. The van der Waals surface area contributed by atoms with Gasteiger partial charge in [-0.05, 0) is 12.1 Å². The van der Waals surface area contributed by atoms with Crippen LogP contribution in [0.15, 0.2) is 36.4 Å². The monoisotopic (exact) mass is 956 g/mol. The SMILES string of the molecule is CS(=O)(=O)CCN1CCN(c2nnc(-c3cccc(Cl)c3Cl)c(N)n2)CC1.CS(=O)(=O)CCOS(C)(=O)=O.Nc1nc(N2CCNCC2)nnc1-c1cccc(Cl)c1Cl. The van der Waals surface area contributed by atoms with Crippen LogP contribution in [-0.2, 0) is 34.0 Å². The molecule has 26 heteroatoms. The van der Waals surface area contributed by atoms with Crippen molar-refractivity contribution in [2.75, 3.05) is 117 Å². The molecule has 0 atom stereocenters. The van der Waals surface area contributed by atoms with Gasteiger partial charge >= 0.3 is 0 Å². The predicted molar refractivity (Wildman–Crippen MR) is 233 cm³/mol. The largest absolute Gasteiger partial charge is 0.382 e. The quantitative estimate of drug-likeness (QED) is 0.182. The summed E-state index contributed by atoms with van der Waals surface area (Å²) in [6.07, 6.45) is 3.13. The van der Waals surface area contributed by atoms with Crippen LogP contribution in [0.1, 0.15) is 0 Å². The zero-order chi connectivity index (χ0) is 43.5. The van der Waals surface area contributed by atoms with Crippen LogP contribution in [0, 0.1) is 0 Å². The second-order valence-electron chi connectivity index (χ2n) is 13.2. The smallest absolute Gasteiger partial charge is 0.264 e. The fraction of sp³-hybridized carbons (Fsp3) is 0.455. The Balaban J connectivity index is 0.000000213. The molecule has 0 amide bonds. The number of aromatic nitrogens is 6. The number of rotatable bonds is 11. The molecule has 19 nitrogen and oxygen atoms in total. The van der Waals surface area contributed by atoms with Crippen molar-refractivity contribution in [1.82, 2.24) is 40.6 Å². The van der Waals surface area contributed by atoms with Gasteiger partial charge in [-0.25, -0.2) is 16.8 Å². The minimum atomic E-state index is -3.51. The van der Waals surface area contributed by atoms with Gasteiger partial charge in [0.2, 0.25) is 11.9 Å². The molecule has 4 aromatic rings. The van der Waals surface area contributed by atoms with Gasteiger partial charge in [0.05, 0.1) is 44.5 Å². The van der Waals surface area contributed by atoms with E-state index in [4.69, 9.17) is 57.9 Å². The Labute approximate surface area is 363 Å². The minimum absolute atomic E-state index is 0.160. The Hall–Kier alpha value is -3.45. The second kappa shape index (κ2) is 21.4. The van der Waals surface area contributed by atoms with Gasteiger partial charge in [0.15, 0.2) is 11.6 Å². The molecule has 0 unspecified atom stereocenters. The van der Waals surface area contributed by atoms with Gasteiger partial charge < -0.3 is 26.6 Å². The first-order valence-electron chi connectivity index (χ1n) is 17.6. The number of nitrogens with two attached hydrogens (primary N) is 2. The molecule has 4 heterocycles. The molecular formula is C33H44Cl4N12O7S3. The highest BCUT2D eigenvalue weighted by molar-refractivity contribution is 7.91. The standard InChI is InChI=1S/C16H20Cl2N6O2S.C13H14Cl2N6.C4H10O5S2/c1-27(25,26)10-9-23-5-7-24(8-6-23)16-20-15(19)14(21-22-16)11-3-2-4-12(17)13(11)18;14-9-3-1-2-8(10(9)15)11-12(16)18-13(20-19-11)21-6-4-17-5-7-21;1-10(5,6)4-3-9-11(2,7)8/h2-4H,5-10H2,1H3,(H2,19,20,22);1-3,17H,4-7H2,(H2,16,18,20);3-4H2,1-2H3. The molecule has 2 aromatic carbocycles. The lowest BCUT2D eigenvalue weighted by Crippen LogP contribution is -2.48. The number of nitrogens with one attached hydrogen (secondary N) is 1. The predicted octanol–water partition coefficient (Wildman–Crippen LogP) is 2.44. The third-order valence-electron chi connectivity index (χ3n) is 8.40. The lowest BCUT2D eigenvalue weighted by Gasteiger charge is -2.34. The molecule has 2 fully saturated rings. The van der Waals surface area contributed by atoms with Gasteiger partial charge in [-0.1, -0.05) is 70.7 Å². The number of piperazine rings is 2. The van der Waals surface area contributed by atoms with Crippen molar-refractivity contribution in [3.63, 3.8) is 0 Å². The Bertz CT molecular complexity index is 2380. The van der Waals surface area contributed by atoms with E-state index in [0.717, 1.165) is 51.8 Å². The van der Waals surface area contributed by atoms with Crippen LogP contribution >= 0.6 is 46.4 Å². The molecule has 2 aliphatic heterocycles. The summed E-state index contributed by atoms with van der Waals surface area (Å²) < 4.78 is 68.3. The molecule has 2 aromatic heterocycles. The maximum Gasteiger partial charge on any atom is 0.264 e. The molecule has 5 N–H and O–H groups in total. The molecule has 0 radical (unpaired) electrons. The maximum atomic E-state index is 11.3. The Kier molecular flexibility index (Phi) is 17.5. The molecule has 6 rings (SSSR count). The number of benzene rings is 2. The van der Waals surface area contributed by atoms with Crippen molar-refractivity contribution in [1.29, 1.82) is 0 Å². The van der Waals surface area contributed by atoms with Crippen molar-refractivity contribution in [2.24, 2.45) is 0 Å². The Morgan fingerprint density at radius 1 is 0.644 bits per heavy atom. The van der Waals surface area contributed by atoms with Crippen LogP contribution in [0.3, 0.4) is 0 Å². The number of halogens is 4. The van der Waals surface area contributed by atoms with Crippen LogP contribution in [0.4, 0.5) is 23.5 Å². The number of hydrogen-bond donors (Lipinski definition) is 3. The maximum absolute atomic E-state index is 11.3. The molecule has 2 aliphatic rings. The molecule has 0 bridgehead atoms. The number of sulfone groups is 2. The molecule has 2 saturated heterocycles. The van der Waals surface area contributed by atoms with E-state index in [1.54, 1.807) is 36.4 Å². The average Bonchev–Trinajstić information content (AvgIpc) is 3.16. The Morgan fingerprint density at radius 2 is 1.08 bits per heavy atom. The second-order valence-corrected chi connectivity index (χ2v) is 21.0. The van der Waals surface area contributed by atoms with E-state index in [2.05, 4.69) is 44.8 Å². The zero-order valence-corrected chi connectivity index (χ0v) is 37.7. The molecule has 59 heavy (non-hydrogen) atoms. The molecular weight excluding hydrogens is 914 g/mol. The molecule has 0 spiro atoms. The van der Waals surface area contributed by atoms with Crippen molar-refractivity contribution < 1.29 is 29.4 Å². The van der Waals surface area contributed by atoms with Crippen LogP contribution in [0.2, 0.25) is 20.1 Å². The topological polar surface area (TPSA) is 263 Å². The first kappa shape index (κ1) is 48.2. The highest BCUT2D eigenvalue weighted by Crippen LogP contribution is 2.35. The summed E-state index contributed by atoms with van der Waals surface area (Å²) in [6.45, 7) is 6.45. The molecule has 0 aliphatic carbocycles. The summed E-state index contributed by atoms with van der Waals surface area (Å²) in [5.41, 5.74) is 14.2. The van der Waals surface area contributed by atoms with E-state index in [9.17, 15) is 25.3 Å². The summed E-state index contributed by atoms with van der Waals surface area (Å²) >= 11 is 24.5. The summed E-state index contributed by atoms with van der Waals surface area (Å²) in [6, 6.07) is 10.5. The summed E-state index contributed by atoms with van der Waals surface area (Å²) in [5, 5.41) is 21.6. The van der Waals surface area contributed by atoms with Crippen molar-refractivity contribution in [3.05, 3.63) is 56.5 Å². The number of nitrogen functional groups attached to an aromatic ring is 2. The Morgan fingerprint density at radius 3 is 1.49 bits per heavy atom. The first-order valence-corrected chi connectivity index (χ1v) is 25.1. The number of hydrogen-bond acceptors (Lipinski definition) is 19. The van der Waals surface area contributed by atoms with Crippen LogP contribution in [0.5, 0.6) is 0 Å². The fourth-order valence-corrected chi connectivity index (χ4v) is 7.60. The van der Waals surface area contributed by atoms with Gasteiger partial charge in [0.1, 0.15) is 31.1 Å². The van der Waals surface area contributed by atoms with Crippen LogP contribution < -0.4 is 26.6 Å². The van der Waals surface area contributed by atoms with Crippen LogP contribution in [-0.4, -0.2) is 156 Å². The lowest BCUT2D eigenvalue weighted by molar-refractivity contribution is 0.270. The van der Waals surface area contributed by atoms with E-state index < -0.39 is 29.8 Å². The van der Waals surface area contributed by atoms with Gasteiger partial charge in [-0.15, -0.1) is 20.4 Å². The van der Waals surface area contributed by atoms with E-state index in [1.807, 2.05) is 9.80 Å². The lowest BCUT2D eigenvalue weighted by atomic mass is 10.1. The first-order chi connectivity index (χ1) is 27.6. The summed E-state index contributed by atoms with van der Waals surface area (Å²) in [4.78, 5) is 14.8. The number of nitrogens with zero attached hydrogens (tertiary/aromatic N) is 9. The van der Waals surface area contributed by atoms with Crippen molar-refractivity contribution in [3.8, 4) is 22.5 Å². The highest BCUT2D eigenvalue weighted by atomic mass is 35.5. The van der Waals surface area contributed by atoms with E-state index in [-0.39, 0.29) is 23.9 Å². The average molecular weight is 959 g/mol. The van der Waals surface area contributed by atoms with E-state index in [0.29, 0.717) is 80.0 Å². The molecule has 324 valence electrons. The van der Waals surface area contributed by atoms with Crippen molar-refractivity contribution in [2.45, 2.75) is 0 Å². The van der Waals surface area contributed by atoms with Gasteiger partial charge in [0.25, 0.3) is 10.1 Å². The molecule has 0 saturated carbocycles. The summed E-state index contributed by atoms with van der Waals surface area (Å²) in [5.74, 6) is 1.38. The van der Waals surface area contributed by atoms with Crippen molar-refractivity contribution >= 4 is 99.7 Å². The minimum Gasteiger partial charge on any atom is -0.382 e.